The number of ether oxygens (including phenoxy) is 1. The summed E-state index contributed by atoms with van der Waals surface area (Å²) >= 11 is 0. The van der Waals surface area contributed by atoms with Gasteiger partial charge in [0.15, 0.2) is 6.10 Å². The van der Waals surface area contributed by atoms with Crippen molar-refractivity contribution in [2.75, 3.05) is 11.4 Å². The number of rotatable bonds is 4. The van der Waals surface area contributed by atoms with Crippen LogP contribution < -0.4 is 15.0 Å². The maximum Gasteiger partial charge on any atom is 0.268 e. The minimum atomic E-state index is -0.522. The highest BCUT2D eigenvalue weighted by Crippen LogP contribution is 2.35. The highest BCUT2D eigenvalue weighted by molar-refractivity contribution is 6.03. The van der Waals surface area contributed by atoms with Crippen molar-refractivity contribution >= 4 is 17.5 Å². The van der Waals surface area contributed by atoms with Crippen molar-refractivity contribution in [1.29, 1.82) is 0 Å². The zero-order valence-corrected chi connectivity index (χ0v) is 16.2. The molecule has 1 aliphatic heterocycles. The lowest BCUT2D eigenvalue weighted by molar-refractivity contribution is -0.129. The van der Waals surface area contributed by atoms with E-state index in [1.54, 1.807) is 4.90 Å². The zero-order valence-electron chi connectivity index (χ0n) is 16.2. The van der Waals surface area contributed by atoms with Crippen LogP contribution in [0.15, 0.2) is 18.2 Å². The summed E-state index contributed by atoms with van der Waals surface area (Å²) < 4.78 is 5.82. The average molecular weight is 358 g/mol. The van der Waals surface area contributed by atoms with E-state index in [1.165, 1.54) is 6.42 Å². The molecule has 4 atom stereocenters. The molecule has 26 heavy (non-hydrogen) atoms. The van der Waals surface area contributed by atoms with E-state index in [1.807, 2.05) is 32.0 Å². The molecule has 3 rings (SSSR count). The molecule has 1 heterocycles. The molecule has 1 aromatic rings. The fourth-order valence-corrected chi connectivity index (χ4v) is 4.04. The molecule has 0 bridgehead atoms. The van der Waals surface area contributed by atoms with E-state index in [4.69, 9.17) is 4.74 Å². The number of hydrogen-bond donors (Lipinski definition) is 1. The van der Waals surface area contributed by atoms with E-state index in [2.05, 4.69) is 19.2 Å². The predicted molar refractivity (Wildman–Crippen MR) is 102 cm³/mol. The molecular weight excluding hydrogens is 328 g/mol. The summed E-state index contributed by atoms with van der Waals surface area (Å²) in [5.41, 5.74) is 1.73. The third kappa shape index (κ3) is 3.71. The van der Waals surface area contributed by atoms with Gasteiger partial charge in [0.2, 0.25) is 5.91 Å². The van der Waals surface area contributed by atoms with Gasteiger partial charge in [-0.15, -0.1) is 0 Å². The molecule has 2 aliphatic rings. The molecule has 1 saturated carbocycles. The fourth-order valence-electron chi connectivity index (χ4n) is 4.04. The summed E-state index contributed by atoms with van der Waals surface area (Å²) in [5, 5.41) is 3.17. The predicted octanol–water partition coefficient (Wildman–Crippen LogP) is 3.44. The summed E-state index contributed by atoms with van der Waals surface area (Å²) in [6, 6.07) is 5.96. The number of nitrogens with zero attached hydrogens (tertiary/aromatic N) is 1. The minimum absolute atomic E-state index is 0.0484. The van der Waals surface area contributed by atoms with Crippen LogP contribution in [0.2, 0.25) is 0 Å². The number of nitrogens with one attached hydrogen (secondary N) is 1. The number of carbonyl (C=O) groups excluding carboxylic acids is 2. The van der Waals surface area contributed by atoms with Gasteiger partial charge >= 0.3 is 0 Å². The first kappa shape index (κ1) is 18.7. The van der Waals surface area contributed by atoms with E-state index >= 15 is 0 Å². The largest absolute Gasteiger partial charge is 0.478 e. The van der Waals surface area contributed by atoms with Crippen LogP contribution in [0.3, 0.4) is 0 Å². The van der Waals surface area contributed by atoms with Crippen LogP contribution in [0.4, 0.5) is 5.69 Å². The number of benzene rings is 1. The summed E-state index contributed by atoms with van der Waals surface area (Å²) in [5.74, 6) is 1.53. The minimum Gasteiger partial charge on any atom is -0.478 e. The van der Waals surface area contributed by atoms with Gasteiger partial charge in [-0.25, -0.2) is 0 Å². The van der Waals surface area contributed by atoms with Gasteiger partial charge < -0.3 is 10.1 Å². The van der Waals surface area contributed by atoms with E-state index in [-0.39, 0.29) is 24.4 Å². The van der Waals surface area contributed by atoms with Crippen molar-refractivity contribution in [2.24, 2.45) is 11.8 Å². The van der Waals surface area contributed by atoms with Crippen molar-refractivity contribution in [3.63, 3.8) is 0 Å². The van der Waals surface area contributed by atoms with Crippen LogP contribution >= 0.6 is 0 Å². The van der Waals surface area contributed by atoms with Gasteiger partial charge in [0, 0.05) is 6.04 Å². The lowest BCUT2D eigenvalue weighted by atomic mass is 9.78. The van der Waals surface area contributed by atoms with E-state index in [0.29, 0.717) is 29.7 Å². The van der Waals surface area contributed by atoms with Gasteiger partial charge in [0.05, 0.1) is 5.69 Å². The Hall–Kier alpha value is -2.04. The molecule has 0 unspecified atom stereocenters. The van der Waals surface area contributed by atoms with Crippen LogP contribution in [0.25, 0.3) is 0 Å². The topological polar surface area (TPSA) is 58.6 Å². The number of aryl methyl sites for hydroxylation is 1. The van der Waals surface area contributed by atoms with Gasteiger partial charge in [-0.2, -0.15) is 0 Å². The van der Waals surface area contributed by atoms with Crippen LogP contribution in [-0.4, -0.2) is 30.5 Å². The Labute approximate surface area is 156 Å². The maximum atomic E-state index is 12.8. The molecule has 1 aliphatic carbocycles. The summed E-state index contributed by atoms with van der Waals surface area (Å²) in [4.78, 5) is 27.1. The number of anilines is 1. The first-order valence-electron chi connectivity index (χ1n) is 9.78. The standard InChI is InChI=1S/C21H30N2O3/c1-5-18-21(25)23(17-11-13(2)9-10-19(17)26-18)12-20(24)22-16-8-6-7-14(3)15(16)4/h9-11,14-16,18H,5-8,12H2,1-4H3,(H,22,24)/t14-,15+,16+,18-/m0/s1. The quantitative estimate of drug-likeness (QED) is 0.897. The Kier molecular flexibility index (Phi) is 5.54. The van der Waals surface area contributed by atoms with Crippen LogP contribution in [0.5, 0.6) is 5.75 Å². The highest BCUT2D eigenvalue weighted by atomic mass is 16.5. The molecule has 0 radical (unpaired) electrons. The normalized spacial score (nSPS) is 28.3. The molecule has 1 N–H and O–H groups in total. The van der Waals surface area contributed by atoms with E-state index in [0.717, 1.165) is 18.4 Å². The second kappa shape index (κ2) is 7.68. The van der Waals surface area contributed by atoms with Crippen LogP contribution in [0, 0.1) is 18.8 Å². The number of fused-ring (bicyclic) bond motifs is 1. The third-order valence-corrected chi connectivity index (χ3v) is 5.94. The zero-order chi connectivity index (χ0) is 18.8. The molecule has 2 amide bonds. The number of amides is 2. The summed E-state index contributed by atoms with van der Waals surface area (Å²) in [7, 11) is 0. The molecule has 142 valence electrons. The monoisotopic (exact) mass is 358 g/mol. The number of carbonyl (C=O) groups is 2. The van der Waals surface area contributed by atoms with Gasteiger partial charge in [-0.1, -0.05) is 39.7 Å². The van der Waals surface area contributed by atoms with Gasteiger partial charge in [-0.3, -0.25) is 14.5 Å². The molecule has 1 fully saturated rings. The first-order chi connectivity index (χ1) is 12.4. The Morgan fingerprint density at radius 1 is 1.31 bits per heavy atom. The van der Waals surface area contributed by atoms with E-state index in [9.17, 15) is 9.59 Å². The van der Waals surface area contributed by atoms with Crippen molar-refractivity contribution in [2.45, 2.75) is 65.5 Å². The van der Waals surface area contributed by atoms with Crippen LogP contribution in [-0.2, 0) is 9.59 Å². The Balaban J connectivity index is 1.76. The van der Waals surface area contributed by atoms with Crippen molar-refractivity contribution < 1.29 is 14.3 Å². The second-order valence-electron chi connectivity index (χ2n) is 7.85. The summed E-state index contributed by atoms with van der Waals surface area (Å²) in [6.07, 6.45) is 3.45. The smallest absolute Gasteiger partial charge is 0.268 e. The molecular formula is C21H30N2O3. The van der Waals surface area contributed by atoms with Crippen LogP contribution in [0.1, 0.15) is 52.0 Å². The van der Waals surface area contributed by atoms with Gasteiger partial charge in [-0.05, 0) is 49.3 Å². The van der Waals surface area contributed by atoms with Crippen molar-refractivity contribution in [3.05, 3.63) is 23.8 Å². The molecule has 5 nitrogen and oxygen atoms in total. The lowest BCUT2D eigenvalue weighted by Gasteiger charge is -2.36. The SMILES string of the molecule is CC[C@@H]1Oc2ccc(C)cc2N(CC(=O)N[C@@H]2CCC[C@H](C)[C@H]2C)C1=O. The second-order valence-corrected chi connectivity index (χ2v) is 7.85. The Morgan fingerprint density at radius 2 is 2.08 bits per heavy atom. The molecule has 0 aromatic heterocycles. The first-order valence-corrected chi connectivity index (χ1v) is 9.78. The molecule has 5 heteroatoms. The lowest BCUT2D eigenvalue weighted by Crippen LogP contribution is -2.52. The summed E-state index contributed by atoms with van der Waals surface area (Å²) in [6.45, 7) is 8.40. The van der Waals surface area contributed by atoms with Crippen molar-refractivity contribution in [3.8, 4) is 5.75 Å². The van der Waals surface area contributed by atoms with Crippen molar-refractivity contribution in [1.82, 2.24) is 5.32 Å². The Bertz CT molecular complexity index is 688. The third-order valence-electron chi connectivity index (χ3n) is 5.94. The average Bonchev–Trinajstić information content (AvgIpc) is 2.61. The molecule has 0 saturated heterocycles. The highest BCUT2D eigenvalue weighted by Gasteiger charge is 2.35. The maximum absolute atomic E-state index is 12.8. The van der Waals surface area contributed by atoms with E-state index < -0.39 is 6.10 Å². The van der Waals surface area contributed by atoms with Gasteiger partial charge in [0.25, 0.3) is 5.91 Å². The molecule has 0 spiro atoms. The Morgan fingerprint density at radius 3 is 2.81 bits per heavy atom. The van der Waals surface area contributed by atoms with Gasteiger partial charge in [0.1, 0.15) is 12.3 Å². The molecule has 1 aromatic carbocycles. The number of hydrogen-bond acceptors (Lipinski definition) is 3. The fraction of sp³-hybridized carbons (Fsp3) is 0.619.